The topological polar surface area (TPSA) is 47.7 Å². The zero-order valence-electron chi connectivity index (χ0n) is 13.1. The molecule has 5 heteroatoms. The number of hydrogen-bond donors (Lipinski definition) is 0. The van der Waals surface area contributed by atoms with E-state index in [0.717, 1.165) is 43.9 Å². The molecular weight excluding hydrogens is 292 g/mol. The Morgan fingerprint density at radius 3 is 2.96 bits per heavy atom. The van der Waals surface area contributed by atoms with E-state index in [1.807, 2.05) is 24.3 Å². The number of rotatable bonds is 5. The first-order valence-corrected chi connectivity index (χ1v) is 8.29. The first-order valence-electron chi connectivity index (χ1n) is 8.29. The van der Waals surface area contributed by atoms with Crippen LogP contribution in [0, 0.1) is 0 Å². The Balaban J connectivity index is 1.37. The highest BCUT2D eigenvalue weighted by atomic mass is 16.5. The van der Waals surface area contributed by atoms with Crippen LogP contribution in [0.5, 0.6) is 0 Å². The van der Waals surface area contributed by atoms with Gasteiger partial charge in [-0.2, -0.15) is 0 Å². The highest BCUT2D eigenvalue weighted by molar-refractivity contribution is 5.08. The second-order valence-electron chi connectivity index (χ2n) is 6.23. The van der Waals surface area contributed by atoms with Crippen LogP contribution in [-0.2, 0) is 22.6 Å². The van der Waals surface area contributed by atoms with Gasteiger partial charge in [0.1, 0.15) is 5.76 Å². The average Bonchev–Trinajstić information content (AvgIpc) is 3.24. The van der Waals surface area contributed by atoms with Gasteiger partial charge in [0.2, 0.25) is 0 Å². The van der Waals surface area contributed by atoms with Crippen molar-refractivity contribution in [2.75, 3.05) is 13.2 Å². The van der Waals surface area contributed by atoms with E-state index in [4.69, 9.17) is 13.9 Å². The van der Waals surface area contributed by atoms with Crippen molar-refractivity contribution in [2.45, 2.75) is 44.2 Å². The molecule has 0 amide bonds. The molecule has 1 saturated carbocycles. The number of ether oxygens (including phenoxy) is 2. The molecule has 1 saturated heterocycles. The molecule has 23 heavy (non-hydrogen) atoms. The van der Waals surface area contributed by atoms with Gasteiger partial charge in [0, 0.05) is 25.0 Å². The van der Waals surface area contributed by atoms with E-state index in [1.54, 1.807) is 18.7 Å². The standard InChI is InChI=1S/C18H22N2O3/c1-2-15(21-10-1)12-20-9-11-22-18-16(20)3-4-17(18)23-13-14-5-7-19-8-6-14/h1-2,5-8,10,16-18H,3-4,9,11-13H2/t16-,17-,18-/m1/s1. The van der Waals surface area contributed by atoms with Crippen LogP contribution in [0.15, 0.2) is 47.3 Å². The number of morpholine rings is 1. The molecule has 0 aromatic carbocycles. The fourth-order valence-corrected chi connectivity index (χ4v) is 3.65. The van der Waals surface area contributed by atoms with Crippen LogP contribution < -0.4 is 0 Å². The Hall–Kier alpha value is -1.69. The van der Waals surface area contributed by atoms with Gasteiger partial charge in [-0.15, -0.1) is 0 Å². The molecule has 0 unspecified atom stereocenters. The maximum absolute atomic E-state index is 6.14. The fourth-order valence-electron chi connectivity index (χ4n) is 3.65. The summed E-state index contributed by atoms with van der Waals surface area (Å²) in [5.41, 5.74) is 1.16. The average molecular weight is 314 g/mol. The lowest BCUT2D eigenvalue weighted by molar-refractivity contribution is -0.119. The van der Waals surface area contributed by atoms with Crippen molar-refractivity contribution in [2.24, 2.45) is 0 Å². The molecule has 2 aliphatic rings. The summed E-state index contributed by atoms with van der Waals surface area (Å²) in [6.45, 7) is 3.20. The lowest BCUT2D eigenvalue weighted by atomic mass is 10.1. The van der Waals surface area contributed by atoms with E-state index >= 15 is 0 Å². The Kier molecular flexibility index (Phi) is 4.41. The van der Waals surface area contributed by atoms with Crippen LogP contribution in [0.1, 0.15) is 24.2 Å². The van der Waals surface area contributed by atoms with Crippen molar-refractivity contribution < 1.29 is 13.9 Å². The van der Waals surface area contributed by atoms with Crippen LogP contribution in [0.2, 0.25) is 0 Å². The van der Waals surface area contributed by atoms with Gasteiger partial charge in [-0.1, -0.05) is 0 Å². The van der Waals surface area contributed by atoms with Crippen molar-refractivity contribution >= 4 is 0 Å². The molecule has 0 N–H and O–H groups in total. The maximum atomic E-state index is 6.14. The maximum Gasteiger partial charge on any atom is 0.117 e. The molecule has 2 fully saturated rings. The van der Waals surface area contributed by atoms with Gasteiger partial charge < -0.3 is 13.9 Å². The van der Waals surface area contributed by atoms with Crippen molar-refractivity contribution in [3.8, 4) is 0 Å². The SMILES string of the molecule is c1coc(CN2CCO[C@@H]3[C@H]2CC[C@H]3OCc2ccncc2)c1. The summed E-state index contributed by atoms with van der Waals surface area (Å²) in [6, 6.07) is 8.41. The minimum absolute atomic E-state index is 0.167. The van der Waals surface area contributed by atoms with Crippen LogP contribution in [0.25, 0.3) is 0 Å². The fraction of sp³-hybridized carbons (Fsp3) is 0.500. The van der Waals surface area contributed by atoms with Gasteiger partial charge >= 0.3 is 0 Å². The summed E-state index contributed by atoms with van der Waals surface area (Å²) in [5.74, 6) is 1.02. The number of nitrogens with zero attached hydrogens (tertiary/aromatic N) is 2. The van der Waals surface area contributed by atoms with Gasteiger partial charge in [0.25, 0.3) is 0 Å². The minimum Gasteiger partial charge on any atom is -0.468 e. The largest absolute Gasteiger partial charge is 0.468 e. The Morgan fingerprint density at radius 2 is 2.13 bits per heavy atom. The van der Waals surface area contributed by atoms with E-state index in [1.165, 1.54) is 0 Å². The first-order chi connectivity index (χ1) is 11.4. The van der Waals surface area contributed by atoms with Gasteiger partial charge in [0.05, 0.1) is 38.2 Å². The predicted octanol–water partition coefficient (Wildman–Crippen LogP) is 2.62. The molecule has 0 spiro atoms. The van der Waals surface area contributed by atoms with Crippen molar-refractivity contribution in [1.82, 2.24) is 9.88 Å². The van der Waals surface area contributed by atoms with Crippen LogP contribution in [0.3, 0.4) is 0 Å². The summed E-state index contributed by atoms with van der Waals surface area (Å²) < 4.78 is 17.7. The summed E-state index contributed by atoms with van der Waals surface area (Å²) in [5, 5.41) is 0. The highest BCUT2D eigenvalue weighted by Gasteiger charge is 2.43. The molecule has 3 heterocycles. The molecule has 2 aromatic heterocycles. The number of hydrogen-bond acceptors (Lipinski definition) is 5. The molecule has 5 nitrogen and oxygen atoms in total. The van der Waals surface area contributed by atoms with Gasteiger partial charge in [-0.25, -0.2) is 0 Å². The summed E-state index contributed by atoms with van der Waals surface area (Å²) >= 11 is 0. The third kappa shape index (κ3) is 3.32. The lowest BCUT2D eigenvalue weighted by Crippen LogP contribution is -2.51. The third-order valence-electron chi connectivity index (χ3n) is 4.80. The molecule has 4 rings (SSSR count). The van der Waals surface area contributed by atoms with E-state index in [2.05, 4.69) is 9.88 Å². The molecule has 0 bridgehead atoms. The minimum atomic E-state index is 0.167. The summed E-state index contributed by atoms with van der Waals surface area (Å²) in [7, 11) is 0. The number of furan rings is 1. The van der Waals surface area contributed by atoms with Crippen molar-refractivity contribution in [1.29, 1.82) is 0 Å². The molecular formula is C18H22N2O3. The molecule has 122 valence electrons. The molecule has 3 atom stereocenters. The smallest absolute Gasteiger partial charge is 0.117 e. The molecule has 2 aromatic rings. The van der Waals surface area contributed by atoms with E-state index in [0.29, 0.717) is 12.6 Å². The highest BCUT2D eigenvalue weighted by Crippen LogP contribution is 2.33. The number of fused-ring (bicyclic) bond motifs is 1. The Bertz CT molecular complexity index is 602. The van der Waals surface area contributed by atoms with Gasteiger partial charge in [0.15, 0.2) is 0 Å². The normalized spacial score (nSPS) is 27.9. The lowest BCUT2D eigenvalue weighted by Gasteiger charge is -2.38. The first kappa shape index (κ1) is 14.9. The number of pyridine rings is 1. The summed E-state index contributed by atoms with van der Waals surface area (Å²) in [6.07, 6.45) is 7.86. The summed E-state index contributed by atoms with van der Waals surface area (Å²) in [4.78, 5) is 6.52. The number of aromatic nitrogens is 1. The second kappa shape index (κ2) is 6.83. The Labute approximate surface area is 136 Å². The third-order valence-corrected chi connectivity index (χ3v) is 4.80. The molecule has 1 aliphatic carbocycles. The monoisotopic (exact) mass is 314 g/mol. The van der Waals surface area contributed by atoms with E-state index < -0.39 is 0 Å². The van der Waals surface area contributed by atoms with Gasteiger partial charge in [-0.3, -0.25) is 9.88 Å². The zero-order valence-corrected chi connectivity index (χ0v) is 13.1. The molecule has 0 radical (unpaired) electrons. The second-order valence-corrected chi connectivity index (χ2v) is 6.23. The zero-order chi connectivity index (χ0) is 15.5. The van der Waals surface area contributed by atoms with Crippen molar-refractivity contribution in [3.05, 3.63) is 54.2 Å². The van der Waals surface area contributed by atoms with Crippen LogP contribution in [-0.4, -0.2) is 41.3 Å². The van der Waals surface area contributed by atoms with E-state index in [-0.39, 0.29) is 12.2 Å². The van der Waals surface area contributed by atoms with Crippen molar-refractivity contribution in [3.63, 3.8) is 0 Å². The quantitative estimate of drug-likeness (QED) is 0.849. The molecule has 1 aliphatic heterocycles. The Morgan fingerprint density at radius 1 is 1.22 bits per heavy atom. The predicted molar refractivity (Wildman–Crippen MR) is 84.7 cm³/mol. The van der Waals surface area contributed by atoms with Crippen LogP contribution in [0.4, 0.5) is 0 Å². The van der Waals surface area contributed by atoms with Crippen LogP contribution >= 0.6 is 0 Å². The van der Waals surface area contributed by atoms with E-state index in [9.17, 15) is 0 Å². The van der Waals surface area contributed by atoms with Gasteiger partial charge in [-0.05, 0) is 42.7 Å².